The SMILES string of the molecule is Brc1cccc2c(C(Br)c3ccoc3)csc12. The molecule has 0 bridgehead atoms. The maximum Gasteiger partial charge on any atom is 0.0949 e. The van der Waals surface area contributed by atoms with E-state index >= 15 is 0 Å². The van der Waals surface area contributed by atoms with Crippen LogP contribution in [0, 0.1) is 0 Å². The Labute approximate surface area is 120 Å². The van der Waals surface area contributed by atoms with E-state index in [0.29, 0.717) is 0 Å². The zero-order valence-corrected chi connectivity index (χ0v) is 12.7. The second kappa shape index (κ2) is 4.59. The smallest absolute Gasteiger partial charge is 0.0949 e. The van der Waals surface area contributed by atoms with Gasteiger partial charge in [0.2, 0.25) is 0 Å². The van der Waals surface area contributed by atoms with Crippen LogP contribution < -0.4 is 0 Å². The van der Waals surface area contributed by atoms with Crippen molar-refractivity contribution in [2.24, 2.45) is 0 Å². The van der Waals surface area contributed by atoms with E-state index in [9.17, 15) is 0 Å². The monoisotopic (exact) mass is 370 g/mol. The highest BCUT2D eigenvalue weighted by atomic mass is 79.9. The number of alkyl halides is 1. The summed E-state index contributed by atoms with van der Waals surface area (Å²) >= 11 is 9.07. The first-order valence-electron chi connectivity index (χ1n) is 5.09. The van der Waals surface area contributed by atoms with Gasteiger partial charge in [0.25, 0.3) is 0 Å². The molecule has 1 aromatic carbocycles. The van der Waals surface area contributed by atoms with E-state index < -0.39 is 0 Å². The molecule has 86 valence electrons. The summed E-state index contributed by atoms with van der Waals surface area (Å²) in [4.78, 5) is 0.185. The molecule has 0 N–H and O–H groups in total. The van der Waals surface area contributed by atoms with Gasteiger partial charge >= 0.3 is 0 Å². The topological polar surface area (TPSA) is 13.1 Å². The van der Waals surface area contributed by atoms with E-state index in [0.717, 1.165) is 10.0 Å². The van der Waals surface area contributed by atoms with Crippen molar-refractivity contribution >= 4 is 53.3 Å². The molecular weight excluding hydrogens is 364 g/mol. The van der Waals surface area contributed by atoms with Crippen LogP contribution in [0.25, 0.3) is 10.1 Å². The molecule has 0 amide bonds. The molecule has 2 aromatic heterocycles. The summed E-state index contributed by atoms with van der Waals surface area (Å²) in [5.74, 6) is 0. The van der Waals surface area contributed by atoms with Gasteiger partial charge in [0.05, 0.1) is 17.4 Å². The van der Waals surface area contributed by atoms with Crippen LogP contribution in [0.5, 0.6) is 0 Å². The molecule has 1 nitrogen and oxygen atoms in total. The van der Waals surface area contributed by atoms with Gasteiger partial charge in [-0.3, -0.25) is 0 Å². The Hall–Kier alpha value is -0.580. The highest BCUT2D eigenvalue weighted by Crippen LogP contribution is 2.40. The van der Waals surface area contributed by atoms with E-state index in [1.165, 1.54) is 15.6 Å². The third-order valence-electron chi connectivity index (χ3n) is 2.69. The predicted molar refractivity (Wildman–Crippen MR) is 79.0 cm³/mol. The first-order chi connectivity index (χ1) is 8.27. The van der Waals surface area contributed by atoms with Gasteiger partial charge < -0.3 is 4.42 Å². The van der Waals surface area contributed by atoms with E-state index in [-0.39, 0.29) is 4.83 Å². The van der Waals surface area contributed by atoms with Crippen LogP contribution in [-0.4, -0.2) is 0 Å². The highest BCUT2D eigenvalue weighted by Gasteiger charge is 2.16. The minimum absolute atomic E-state index is 0.185. The normalized spacial score (nSPS) is 13.1. The maximum absolute atomic E-state index is 5.13. The number of fused-ring (bicyclic) bond motifs is 1. The van der Waals surface area contributed by atoms with Gasteiger partial charge in [-0.05, 0) is 44.4 Å². The minimum atomic E-state index is 0.185. The van der Waals surface area contributed by atoms with Crippen LogP contribution in [0.15, 0.2) is 51.1 Å². The zero-order chi connectivity index (χ0) is 11.8. The summed E-state index contributed by atoms with van der Waals surface area (Å²) in [6.07, 6.45) is 3.48. The van der Waals surface area contributed by atoms with Gasteiger partial charge in [0, 0.05) is 14.7 Å². The fourth-order valence-corrected chi connectivity index (χ4v) is 4.30. The Morgan fingerprint density at radius 2 is 2.12 bits per heavy atom. The first-order valence-corrected chi connectivity index (χ1v) is 7.68. The van der Waals surface area contributed by atoms with Crippen LogP contribution in [0.2, 0.25) is 0 Å². The van der Waals surface area contributed by atoms with Gasteiger partial charge in [-0.15, -0.1) is 11.3 Å². The Morgan fingerprint density at radius 1 is 1.24 bits per heavy atom. The number of thiophene rings is 1. The Bertz CT molecular complexity index is 643. The van der Waals surface area contributed by atoms with Crippen LogP contribution in [0.4, 0.5) is 0 Å². The molecule has 2 heterocycles. The molecule has 0 aliphatic rings. The van der Waals surface area contributed by atoms with Crippen molar-refractivity contribution in [2.75, 3.05) is 0 Å². The molecule has 0 saturated heterocycles. The molecule has 0 aliphatic carbocycles. The van der Waals surface area contributed by atoms with E-state index in [1.807, 2.05) is 6.07 Å². The first kappa shape index (κ1) is 11.5. The van der Waals surface area contributed by atoms with Crippen molar-refractivity contribution in [3.05, 3.63) is 57.8 Å². The van der Waals surface area contributed by atoms with Gasteiger partial charge in [-0.25, -0.2) is 0 Å². The third-order valence-corrected chi connectivity index (χ3v) is 5.68. The van der Waals surface area contributed by atoms with Crippen molar-refractivity contribution in [1.82, 2.24) is 0 Å². The number of rotatable bonds is 2. The highest BCUT2D eigenvalue weighted by molar-refractivity contribution is 9.10. The van der Waals surface area contributed by atoms with Crippen molar-refractivity contribution < 1.29 is 4.42 Å². The quantitative estimate of drug-likeness (QED) is 0.523. The number of benzene rings is 1. The fraction of sp³-hybridized carbons (Fsp3) is 0.0769. The average Bonchev–Trinajstić information content (AvgIpc) is 2.98. The number of furan rings is 1. The number of hydrogen-bond donors (Lipinski definition) is 0. The molecule has 0 saturated carbocycles. The fourth-order valence-electron chi connectivity index (χ4n) is 1.84. The van der Waals surface area contributed by atoms with E-state index in [4.69, 9.17) is 4.42 Å². The lowest BCUT2D eigenvalue weighted by atomic mass is 10.1. The largest absolute Gasteiger partial charge is 0.472 e. The molecule has 4 heteroatoms. The Morgan fingerprint density at radius 3 is 2.88 bits per heavy atom. The summed E-state index contributed by atoms with van der Waals surface area (Å²) in [5, 5.41) is 3.48. The summed E-state index contributed by atoms with van der Waals surface area (Å²) in [6, 6.07) is 8.28. The molecule has 3 rings (SSSR count). The van der Waals surface area contributed by atoms with E-state index in [2.05, 4.69) is 55.4 Å². The lowest BCUT2D eigenvalue weighted by molar-refractivity contribution is 0.564. The molecule has 0 aliphatic heterocycles. The zero-order valence-electron chi connectivity index (χ0n) is 8.69. The van der Waals surface area contributed by atoms with Gasteiger partial charge in [-0.2, -0.15) is 0 Å². The predicted octanol–water partition coefficient (Wildman–Crippen LogP) is 5.74. The number of halogens is 2. The van der Waals surface area contributed by atoms with Crippen molar-refractivity contribution in [1.29, 1.82) is 0 Å². The van der Waals surface area contributed by atoms with E-state index in [1.54, 1.807) is 23.9 Å². The summed E-state index contributed by atoms with van der Waals surface area (Å²) < 4.78 is 7.57. The van der Waals surface area contributed by atoms with Crippen LogP contribution >= 0.6 is 43.2 Å². The summed E-state index contributed by atoms with van der Waals surface area (Å²) in [6.45, 7) is 0. The molecule has 0 spiro atoms. The van der Waals surface area contributed by atoms with Crippen molar-refractivity contribution in [3.63, 3.8) is 0 Å². The molecule has 0 radical (unpaired) electrons. The molecule has 1 atom stereocenters. The Kier molecular flexibility index (Phi) is 3.11. The van der Waals surface area contributed by atoms with Crippen LogP contribution in [0.1, 0.15) is 16.0 Å². The molecule has 3 aromatic rings. The van der Waals surface area contributed by atoms with Crippen molar-refractivity contribution in [3.8, 4) is 0 Å². The summed E-state index contributed by atoms with van der Waals surface area (Å²) in [5.41, 5.74) is 2.43. The third kappa shape index (κ3) is 1.98. The lowest BCUT2D eigenvalue weighted by Gasteiger charge is -2.06. The summed E-state index contributed by atoms with van der Waals surface area (Å²) in [7, 11) is 0. The van der Waals surface area contributed by atoms with Gasteiger partial charge in [-0.1, -0.05) is 28.1 Å². The van der Waals surface area contributed by atoms with Crippen LogP contribution in [-0.2, 0) is 0 Å². The second-order valence-corrected chi connectivity index (χ2v) is 6.38. The maximum atomic E-state index is 5.13. The van der Waals surface area contributed by atoms with Crippen molar-refractivity contribution in [2.45, 2.75) is 4.83 Å². The molecular formula is C13H8Br2OS. The number of hydrogen-bond acceptors (Lipinski definition) is 2. The second-order valence-electron chi connectivity index (χ2n) is 3.73. The van der Waals surface area contributed by atoms with Gasteiger partial charge in [0.1, 0.15) is 0 Å². The molecule has 0 fully saturated rings. The minimum Gasteiger partial charge on any atom is -0.472 e. The lowest BCUT2D eigenvalue weighted by Crippen LogP contribution is -1.88. The van der Waals surface area contributed by atoms with Crippen LogP contribution in [0.3, 0.4) is 0 Å². The Balaban J connectivity index is 2.15. The standard InChI is InChI=1S/C13H8Br2OS/c14-11-3-1-2-9-10(7-17-13(9)11)12(15)8-4-5-16-6-8/h1-7,12H. The van der Waals surface area contributed by atoms with Gasteiger partial charge in [0.15, 0.2) is 0 Å². The molecule has 1 unspecified atom stereocenters. The average molecular weight is 372 g/mol. The molecule has 17 heavy (non-hydrogen) atoms.